The minimum Gasteiger partial charge on any atom is -0.492 e. The first-order valence-electron chi connectivity index (χ1n) is 6.69. The van der Waals surface area contributed by atoms with E-state index in [4.69, 9.17) is 4.74 Å². The van der Waals surface area contributed by atoms with E-state index in [-0.39, 0.29) is 5.91 Å². The van der Waals surface area contributed by atoms with Gasteiger partial charge in [-0.1, -0.05) is 18.4 Å². The van der Waals surface area contributed by atoms with E-state index in [1.54, 1.807) is 0 Å². The molecule has 0 atom stereocenters. The van der Waals surface area contributed by atoms with Gasteiger partial charge in [0.25, 0.3) is 5.91 Å². The third kappa shape index (κ3) is 3.56. The molecule has 5 heteroatoms. The molecule has 0 aromatic heterocycles. The Balaban J connectivity index is 1.98. The van der Waals surface area contributed by atoms with Gasteiger partial charge < -0.3 is 20.7 Å². The zero-order valence-electron chi connectivity index (χ0n) is 11.6. The Morgan fingerprint density at radius 2 is 2.20 bits per heavy atom. The predicted octanol–water partition coefficient (Wildman–Crippen LogP) is 1.40. The summed E-state index contributed by atoms with van der Waals surface area (Å²) in [7, 11) is 0. The van der Waals surface area contributed by atoms with Crippen LogP contribution in [0.15, 0.2) is 53.5 Å². The summed E-state index contributed by atoms with van der Waals surface area (Å²) >= 11 is 0. The van der Waals surface area contributed by atoms with Crippen LogP contribution in [-0.4, -0.2) is 19.1 Å². The maximum atomic E-state index is 11.5. The second-order valence-corrected chi connectivity index (χ2v) is 4.39. The molecule has 1 heterocycles. The van der Waals surface area contributed by atoms with E-state index in [1.165, 1.54) is 6.08 Å². The maximum absolute atomic E-state index is 11.5. The molecular formula is C15H19N3O2. The Hall–Kier alpha value is -2.39. The number of allylic oxidation sites excluding steroid dienone is 2. The fraction of sp³-hybridized carbons (Fsp3) is 0.333. The summed E-state index contributed by atoms with van der Waals surface area (Å²) in [5.74, 6) is 1.18. The highest BCUT2D eigenvalue weighted by molar-refractivity contribution is 5.90. The molecule has 0 unspecified atom stereocenters. The molecule has 0 saturated heterocycles. The number of hydrogen-bond donors (Lipinski definition) is 3. The Bertz CT molecular complexity index is 537. The number of nitrogens with one attached hydrogen (secondary N) is 3. The predicted molar refractivity (Wildman–Crippen MR) is 77.0 cm³/mol. The van der Waals surface area contributed by atoms with Crippen LogP contribution in [0.2, 0.25) is 0 Å². The summed E-state index contributed by atoms with van der Waals surface area (Å²) in [6.07, 6.45) is 7.69. The first-order chi connectivity index (χ1) is 9.72. The van der Waals surface area contributed by atoms with Gasteiger partial charge >= 0.3 is 0 Å². The second kappa shape index (κ2) is 6.68. The van der Waals surface area contributed by atoms with Crippen molar-refractivity contribution in [2.24, 2.45) is 0 Å². The van der Waals surface area contributed by atoms with E-state index in [2.05, 4.69) is 40.4 Å². The van der Waals surface area contributed by atoms with Crippen LogP contribution in [-0.2, 0) is 9.53 Å². The molecule has 1 amide bonds. The van der Waals surface area contributed by atoms with Gasteiger partial charge in [0.1, 0.15) is 5.76 Å². The van der Waals surface area contributed by atoms with Crippen LogP contribution in [0.3, 0.4) is 0 Å². The van der Waals surface area contributed by atoms with Crippen molar-refractivity contribution < 1.29 is 9.53 Å². The van der Waals surface area contributed by atoms with Crippen molar-refractivity contribution in [1.82, 2.24) is 16.0 Å². The smallest absolute Gasteiger partial charge is 0.251 e. The van der Waals surface area contributed by atoms with Crippen LogP contribution in [0.25, 0.3) is 0 Å². The van der Waals surface area contributed by atoms with Gasteiger partial charge in [-0.25, -0.2) is 0 Å². The van der Waals surface area contributed by atoms with Gasteiger partial charge in [-0.05, 0) is 25.8 Å². The normalized spacial score (nSPS) is 17.9. The highest BCUT2D eigenvalue weighted by Gasteiger charge is 2.14. The summed E-state index contributed by atoms with van der Waals surface area (Å²) in [6.45, 7) is 6.62. The van der Waals surface area contributed by atoms with Crippen LogP contribution >= 0.6 is 0 Å². The molecule has 0 radical (unpaired) electrons. The van der Waals surface area contributed by atoms with Crippen molar-refractivity contribution in [3.05, 3.63) is 53.5 Å². The molecule has 0 spiro atoms. The minimum absolute atomic E-state index is 0.176. The molecule has 5 nitrogen and oxygen atoms in total. The standard InChI is InChI=1S/C15H19N3O2/c1-3-14-17-11(9-15(19)18-14)10-16-12-7-5-6-8-13(12)20-4-2/h7-9,16-17H,1,4-6,10H2,2H3,(H,18,19). The van der Waals surface area contributed by atoms with Crippen LogP contribution in [0.4, 0.5) is 0 Å². The summed E-state index contributed by atoms with van der Waals surface area (Å²) in [6, 6.07) is 0. The van der Waals surface area contributed by atoms with Crippen molar-refractivity contribution >= 4 is 5.91 Å². The lowest BCUT2D eigenvalue weighted by atomic mass is 10.1. The third-order valence-corrected chi connectivity index (χ3v) is 2.90. The summed E-state index contributed by atoms with van der Waals surface area (Å²) < 4.78 is 5.58. The van der Waals surface area contributed by atoms with Crippen LogP contribution in [0, 0.1) is 0 Å². The first kappa shape index (κ1) is 14.0. The van der Waals surface area contributed by atoms with E-state index in [0.717, 1.165) is 30.0 Å². The van der Waals surface area contributed by atoms with Crippen molar-refractivity contribution in [3.8, 4) is 0 Å². The number of hydrogen-bond acceptors (Lipinski definition) is 4. The van der Waals surface area contributed by atoms with E-state index in [1.807, 2.05) is 6.92 Å². The Kier molecular flexibility index (Phi) is 4.69. The monoisotopic (exact) mass is 273 g/mol. The zero-order chi connectivity index (χ0) is 14.4. The van der Waals surface area contributed by atoms with Crippen molar-refractivity contribution in [2.75, 3.05) is 13.2 Å². The van der Waals surface area contributed by atoms with Gasteiger partial charge in [-0.2, -0.15) is 0 Å². The number of rotatable bonds is 5. The van der Waals surface area contributed by atoms with E-state index in [9.17, 15) is 4.79 Å². The molecule has 1 aliphatic heterocycles. The fourth-order valence-electron chi connectivity index (χ4n) is 2.02. The number of carbonyl (C=O) groups excluding carboxylic acids is 1. The summed E-state index contributed by atoms with van der Waals surface area (Å²) in [5.41, 5.74) is 4.37. The molecule has 2 aliphatic rings. The van der Waals surface area contributed by atoms with Crippen LogP contribution < -0.4 is 16.0 Å². The Labute approximate surface area is 118 Å². The van der Waals surface area contributed by atoms with E-state index < -0.39 is 0 Å². The molecule has 106 valence electrons. The van der Waals surface area contributed by atoms with Gasteiger partial charge in [-0.15, -0.1) is 0 Å². The molecule has 3 N–H and O–H groups in total. The Morgan fingerprint density at radius 1 is 1.40 bits per heavy atom. The van der Waals surface area contributed by atoms with E-state index >= 15 is 0 Å². The van der Waals surface area contributed by atoms with Crippen LogP contribution in [0.1, 0.15) is 19.8 Å². The van der Waals surface area contributed by atoms with Crippen molar-refractivity contribution in [3.63, 3.8) is 0 Å². The number of amides is 1. The molecule has 0 aromatic rings. The molecular weight excluding hydrogens is 254 g/mol. The maximum Gasteiger partial charge on any atom is 0.251 e. The average molecular weight is 273 g/mol. The summed E-state index contributed by atoms with van der Waals surface area (Å²) in [4.78, 5) is 11.5. The quantitative estimate of drug-likeness (QED) is 0.663. The van der Waals surface area contributed by atoms with Gasteiger partial charge in [-0.3, -0.25) is 4.79 Å². The highest BCUT2D eigenvalue weighted by atomic mass is 16.5. The van der Waals surface area contributed by atoms with Gasteiger partial charge in [0.15, 0.2) is 5.82 Å². The van der Waals surface area contributed by atoms with Gasteiger partial charge in [0.2, 0.25) is 0 Å². The lowest BCUT2D eigenvalue weighted by molar-refractivity contribution is -0.116. The molecule has 0 fully saturated rings. The second-order valence-electron chi connectivity index (χ2n) is 4.39. The summed E-state index contributed by atoms with van der Waals surface area (Å²) in [5, 5.41) is 8.93. The van der Waals surface area contributed by atoms with Crippen molar-refractivity contribution in [1.29, 1.82) is 0 Å². The SMILES string of the molecule is C=C=C1NC(=O)C=C(CNC2=CCCC=C2OCC)N1. The largest absolute Gasteiger partial charge is 0.492 e. The molecule has 0 bridgehead atoms. The number of carbonyl (C=O) groups is 1. The fourth-order valence-corrected chi connectivity index (χ4v) is 2.02. The van der Waals surface area contributed by atoms with Crippen molar-refractivity contribution in [2.45, 2.75) is 19.8 Å². The molecule has 2 rings (SSSR count). The van der Waals surface area contributed by atoms with E-state index in [0.29, 0.717) is 19.0 Å². The van der Waals surface area contributed by atoms with Gasteiger partial charge in [0.05, 0.1) is 18.8 Å². The molecule has 0 aromatic carbocycles. The minimum atomic E-state index is -0.176. The average Bonchev–Trinajstić information content (AvgIpc) is 2.46. The Morgan fingerprint density at radius 3 is 2.95 bits per heavy atom. The first-order valence-corrected chi connectivity index (χ1v) is 6.69. The zero-order valence-corrected chi connectivity index (χ0v) is 11.6. The van der Waals surface area contributed by atoms with Gasteiger partial charge in [0, 0.05) is 11.8 Å². The van der Waals surface area contributed by atoms with Crippen LogP contribution in [0.5, 0.6) is 0 Å². The number of ether oxygens (including phenoxy) is 1. The lowest BCUT2D eigenvalue weighted by Crippen LogP contribution is -2.38. The molecule has 0 saturated carbocycles. The molecule has 1 aliphatic carbocycles. The topological polar surface area (TPSA) is 62.4 Å². The third-order valence-electron chi connectivity index (χ3n) is 2.90. The highest BCUT2D eigenvalue weighted by Crippen LogP contribution is 2.17. The molecule has 20 heavy (non-hydrogen) atoms. The lowest BCUT2D eigenvalue weighted by Gasteiger charge is -2.22.